The lowest BCUT2D eigenvalue weighted by Crippen LogP contribution is -2.33. The third-order valence-corrected chi connectivity index (χ3v) is 3.56. The minimum absolute atomic E-state index is 0.289. The van der Waals surface area contributed by atoms with Crippen molar-refractivity contribution in [3.63, 3.8) is 0 Å². The number of hydrogen-bond donors (Lipinski definition) is 1. The zero-order chi connectivity index (χ0) is 8.77. The molecule has 3 atom stereocenters. The number of fused-ring (bicyclic) bond motifs is 1. The molecule has 12 heavy (non-hydrogen) atoms. The molecule has 1 aliphatic carbocycles. The first kappa shape index (κ1) is 8.27. The molecule has 0 bridgehead atoms. The predicted octanol–water partition coefficient (Wildman–Crippen LogP) is 0.875. The van der Waals surface area contributed by atoms with Crippen molar-refractivity contribution in [1.29, 1.82) is 0 Å². The SMILES string of the molecule is C=CC(C)N1CC2CC2(CO)C1. The van der Waals surface area contributed by atoms with Gasteiger partial charge < -0.3 is 5.11 Å². The Labute approximate surface area is 73.9 Å². The first-order valence-electron chi connectivity index (χ1n) is 4.69. The number of rotatable bonds is 3. The Morgan fingerprint density at radius 3 is 3.08 bits per heavy atom. The normalized spacial score (nSPS) is 42.3. The summed E-state index contributed by atoms with van der Waals surface area (Å²) in [5, 5.41) is 9.19. The monoisotopic (exact) mass is 167 g/mol. The Kier molecular flexibility index (Phi) is 1.77. The third-order valence-electron chi connectivity index (χ3n) is 3.56. The van der Waals surface area contributed by atoms with Gasteiger partial charge in [0.15, 0.2) is 0 Å². The topological polar surface area (TPSA) is 23.5 Å². The number of hydrogen-bond acceptors (Lipinski definition) is 2. The molecule has 0 aromatic heterocycles. The number of nitrogens with zero attached hydrogens (tertiary/aromatic N) is 1. The smallest absolute Gasteiger partial charge is 0.0502 e. The summed E-state index contributed by atoms with van der Waals surface area (Å²) in [5.74, 6) is 0.768. The van der Waals surface area contributed by atoms with Crippen molar-refractivity contribution in [2.45, 2.75) is 19.4 Å². The van der Waals surface area contributed by atoms with Crippen molar-refractivity contribution in [2.75, 3.05) is 19.7 Å². The molecule has 0 amide bonds. The van der Waals surface area contributed by atoms with E-state index in [1.807, 2.05) is 6.08 Å². The van der Waals surface area contributed by atoms with Gasteiger partial charge in [0.2, 0.25) is 0 Å². The van der Waals surface area contributed by atoms with Gasteiger partial charge in [-0.05, 0) is 19.3 Å². The summed E-state index contributed by atoms with van der Waals surface area (Å²) in [7, 11) is 0. The van der Waals surface area contributed by atoms with Gasteiger partial charge in [0.25, 0.3) is 0 Å². The largest absolute Gasteiger partial charge is 0.396 e. The van der Waals surface area contributed by atoms with Crippen molar-refractivity contribution >= 4 is 0 Å². The molecule has 2 rings (SSSR count). The quantitative estimate of drug-likeness (QED) is 0.631. The van der Waals surface area contributed by atoms with E-state index in [0.717, 1.165) is 19.0 Å². The van der Waals surface area contributed by atoms with Gasteiger partial charge in [-0.25, -0.2) is 0 Å². The van der Waals surface area contributed by atoms with Gasteiger partial charge in [-0.2, -0.15) is 0 Å². The van der Waals surface area contributed by atoms with Crippen LogP contribution in [-0.4, -0.2) is 35.7 Å². The molecule has 2 nitrogen and oxygen atoms in total. The van der Waals surface area contributed by atoms with Gasteiger partial charge in [-0.3, -0.25) is 4.90 Å². The summed E-state index contributed by atoms with van der Waals surface area (Å²) in [5.41, 5.74) is 0.289. The van der Waals surface area contributed by atoms with Crippen LogP contribution >= 0.6 is 0 Å². The second kappa shape index (κ2) is 2.57. The molecule has 2 fully saturated rings. The Morgan fingerprint density at radius 1 is 1.83 bits per heavy atom. The van der Waals surface area contributed by atoms with Crippen molar-refractivity contribution < 1.29 is 5.11 Å². The van der Waals surface area contributed by atoms with E-state index in [1.165, 1.54) is 6.42 Å². The lowest BCUT2D eigenvalue weighted by atomic mass is 10.1. The number of likely N-dealkylation sites (tertiary alicyclic amines) is 1. The van der Waals surface area contributed by atoms with Gasteiger partial charge in [0.1, 0.15) is 0 Å². The summed E-state index contributed by atoms with van der Waals surface area (Å²) < 4.78 is 0. The molecule has 1 N–H and O–H groups in total. The fourth-order valence-electron chi connectivity index (χ4n) is 2.34. The summed E-state index contributed by atoms with van der Waals surface area (Å²) in [6.45, 7) is 8.56. The van der Waals surface area contributed by atoms with E-state index in [1.54, 1.807) is 0 Å². The highest BCUT2D eigenvalue weighted by Gasteiger charge is 2.59. The van der Waals surface area contributed by atoms with Crippen molar-refractivity contribution in [1.82, 2.24) is 4.90 Å². The van der Waals surface area contributed by atoms with Crippen LogP contribution in [0.25, 0.3) is 0 Å². The number of aliphatic hydroxyl groups is 1. The second-order valence-electron chi connectivity index (χ2n) is 4.33. The van der Waals surface area contributed by atoms with Crippen LogP contribution in [0.15, 0.2) is 12.7 Å². The maximum Gasteiger partial charge on any atom is 0.0502 e. The highest BCUT2D eigenvalue weighted by Crippen LogP contribution is 2.57. The Hall–Kier alpha value is -0.340. The van der Waals surface area contributed by atoms with Gasteiger partial charge in [0.05, 0.1) is 6.61 Å². The van der Waals surface area contributed by atoms with Gasteiger partial charge >= 0.3 is 0 Å². The molecular weight excluding hydrogens is 150 g/mol. The highest BCUT2D eigenvalue weighted by molar-refractivity contribution is 5.11. The minimum Gasteiger partial charge on any atom is -0.396 e. The number of piperidine rings is 1. The third kappa shape index (κ3) is 1.02. The van der Waals surface area contributed by atoms with E-state index < -0.39 is 0 Å². The van der Waals surface area contributed by atoms with Crippen LogP contribution in [0.5, 0.6) is 0 Å². The Balaban J connectivity index is 1.96. The molecule has 1 aliphatic heterocycles. The van der Waals surface area contributed by atoms with Crippen molar-refractivity contribution in [2.24, 2.45) is 11.3 Å². The summed E-state index contributed by atoms with van der Waals surface area (Å²) >= 11 is 0. The van der Waals surface area contributed by atoms with Gasteiger partial charge in [-0.15, -0.1) is 6.58 Å². The van der Waals surface area contributed by atoms with Gasteiger partial charge in [0, 0.05) is 24.5 Å². The maximum atomic E-state index is 9.19. The predicted molar refractivity (Wildman–Crippen MR) is 48.9 cm³/mol. The van der Waals surface area contributed by atoms with E-state index in [0.29, 0.717) is 12.6 Å². The highest BCUT2D eigenvalue weighted by atomic mass is 16.3. The molecule has 1 saturated heterocycles. The molecule has 2 heteroatoms. The fourth-order valence-corrected chi connectivity index (χ4v) is 2.34. The number of aliphatic hydroxyl groups excluding tert-OH is 1. The molecule has 2 aliphatic rings. The van der Waals surface area contributed by atoms with E-state index in [2.05, 4.69) is 18.4 Å². The standard InChI is InChI=1S/C10H17NO/c1-3-8(2)11-5-9-4-10(9,6-11)7-12/h3,8-9,12H,1,4-7H2,2H3. The van der Waals surface area contributed by atoms with Crippen LogP contribution in [0.3, 0.4) is 0 Å². The summed E-state index contributed by atoms with van der Waals surface area (Å²) in [6, 6.07) is 0.473. The Morgan fingerprint density at radius 2 is 2.58 bits per heavy atom. The average Bonchev–Trinajstić information content (AvgIpc) is 2.68. The van der Waals surface area contributed by atoms with Crippen LogP contribution in [0.2, 0.25) is 0 Å². The van der Waals surface area contributed by atoms with Crippen LogP contribution in [0, 0.1) is 11.3 Å². The van der Waals surface area contributed by atoms with Crippen LogP contribution in [-0.2, 0) is 0 Å². The summed E-state index contributed by atoms with van der Waals surface area (Å²) in [6.07, 6.45) is 3.22. The van der Waals surface area contributed by atoms with E-state index in [9.17, 15) is 5.11 Å². The zero-order valence-electron chi connectivity index (χ0n) is 7.66. The van der Waals surface area contributed by atoms with E-state index in [-0.39, 0.29) is 5.41 Å². The first-order chi connectivity index (χ1) is 5.72. The molecule has 0 aromatic carbocycles. The molecule has 68 valence electrons. The molecule has 3 unspecified atom stereocenters. The Bertz CT molecular complexity index is 200. The summed E-state index contributed by atoms with van der Waals surface area (Å²) in [4.78, 5) is 2.41. The molecule has 0 aromatic rings. The van der Waals surface area contributed by atoms with Crippen molar-refractivity contribution in [3.05, 3.63) is 12.7 Å². The molecule has 1 saturated carbocycles. The lowest BCUT2D eigenvalue weighted by Gasteiger charge is -2.24. The second-order valence-corrected chi connectivity index (χ2v) is 4.33. The van der Waals surface area contributed by atoms with E-state index >= 15 is 0 Å². The zero-order valence-corrected chi connectivity index (χ0v) is 7.66. The molecule has 0 radical (unpaired) electrons. The molecule has 1 heterocycles. The molecule has 0 spiro atoms. The fraction of sp³-hybridized carbons (Fsp3) is 0.800. The average molecular weight is 167 g/mol. The lowest BCUT2D eigenvalue weighted by molar-refractivity contribution is 0.178. The van der Waals surface area contributed by atoms with Gasteiger partial charge in [-0.1, -0.05) is 6.08 Å². The van der Waals surface area contributed by atoms with Crippen LogP contribution in [0.1, 0.15) is 13.3 Å². The van der Waals surface area contributed by atoms with Crippen LogP contribution in [0.4, 0.5) is 0 Å². The van der Waals surface area contributed by atoms with E-state index in [4.69, 9.17) is 0 Å². The van der Waals surface area contributed by atoms with Crippen LogP contribution < -0.4 is 0 Å². The molecular formula is C10H17NO. The maximum absolute atomic E-state index is 9.19. The minimum atomic E-state index is 0.289. The first-order valence-corrected chi connectivity index (χ1v) is 4.69. The van der Waals surface area contributed by atoms with Crippen molar-refractivity contribution in [3.8, 4) is 0 Å².